The van der Waals surface area contributed by atoms with E-state index in [9.17, 15) is 0 Å². The molecule has 5 N–H and O–H groups in total. The summed E-state index contributed by atoms with van der Waals surface area (Å²) in [6, 6.07) is 6.99. The van der Waals surface area contributed by atoms with Crippen molar-refractivity contribution in [3.8, 4) is 6.07 Å². The molecule has 0 bridgehead atoms. The second-order valence-electron chi connectivity index (χ2n) is 3.41. The minimum Gasteiger partial charge on any atom is -0.392 e. The summed E-state index contributed by atoms with van der Waals surface area (Å²) in [6.07, 6.45) is 0. The summed E-state index contributed by atoms with van der Waals surface area (Å²) in [5, 5.41) is 28.4. The first-order chi connectivity index (χ1) is 8.08. The van der Waals surface area contributed by atoms with E-state index in [2.05, 4.69) is 10.5 Å². The number of hydrazone groups is 1. The van der Waals surface area contributed by atoms with E-state index in [1.807, 2.05) is 6.92 Å². The van der Waals surface area contributed by atoms with Gasteiger partial charge in [0, 0.05) is 0 Å². The third-order valence-electron chi connectivity index (χ3n) is 2.12. The highest BCUT2D eigenvalue weighted by atomic mass is 16.3. The second-order valence-corrected chi connectivity index (χ2v) is 3.41. The first kappa shape index (κ1) is 12.7. The molecule has 0 saturated carbocycles. The molecule has 1 aromatic rings. The number of aliphatic hydroxyl groups is 1. The summed E-state index contributed by atoms with van der Waals surface area (Å²) in [7, 11) is 0. The number of amidine groups is 1. The molecule has 0 aliphatic heterocycles. The Morgan fingerprint density at radius 3 is 2.82 bits per heavy atom. The number of hydrogen-bond acceptors (Lipinski definition) is 5. The van der Waals surface area contributed by atoms with Crippen LogP contribution in [0.25, 0.3) is 0 Å². The smallest absolute Gasteiger partial charge is 0.201 e. The Morgan fingerprint density at radius 1 is 1.65 bits per heavy atom. The van der Waals surface area contributed by atoms with Crippen molar-refractivity contribution in [2.45, 2.75) is 13.5 Å². The van der Waals surface area contributed by atoms with Crippen LogP contribution in [0.3, 0.4) is 0 Å². The number of aliphatic hydroxyl groups excluding tert-OH is 1. The predicted molar refractivity (Wildman–Crippen MR) is 65.7 cm³/mol. The fourth-order valence-corrected chi connectivity index (χ4v) is 1.21. The summed E-state index contributed by atoms with van der Waals surface area (Å²) in [5.74, 6) is -0.385. The molecule has 0 fully saturated rings. The molecule has 0 aliphatic carbocycles. The van der Waals surface area contributed by atoms with Gasteiger partial charge in [0.2, 0.25) is 5.71 Å². The lowest BCUT2D eigenvalue weighted by atomic mass is 10.1. The largest absolute Gasteiger partial charge is 0.392 e. The van der Waals surface area contributed by atoms with E-state index in [0.29, 0.717) is 5.69 Å². The zero-order valence-electron chi connectivity index (χ0n) is 9.36. The average molecular weight is 231 g/mol. The van der Waals surface area contributed by atoms with Crippen LogP contribution in [-0.4, -0.2) is 16.7 Å². The van der Waals surface area contributed by atoms with Crippen LogP contribution < -0.4 is 11.2 Å². The van der Waals surface area contributed by atoms with Crippen molar-refractivity contribution in [3.63, 3.8) is 0 Å². The van der Waals surface area contributed by atoms with Gasteiger partial charge in [0.25, 0.3) is 0 Å². The monoisotopic (exact) mass is 231 g/mol. The van der Waals surface area contributed by atoms with Gasteiger partial charge in [-0.2, -0.15) is 10.4 Å². The van der Waals surface area contributed by atoms with E-state index in [1.54, 1.807) is 24.3 Å². The number of rotatable bonds is 4. The second kappa shape index (κ2) is 5.63. The first-order valence-electron chi connectivity index (χ1n) is 4.87. The number of benzene rings is 1. The molecule has 0 aromatic heterocycles. The van der Waals surface area contributed by atoms with Crippen molar-refractivity contribution < 1.29 is 5.11 Å². The van der Waals surface area contributed by atoms with Gasteiger partial charge in [-0.15, -0.1) is 0 Å². The molecule has 6 nitrogen and oxygen atoms in total. The lowest BCUT2D eigenvalue weighted by Crippen LogP contribution is -2.21. The Labute approximate surface area is 98.9 Å². The van der Waals surface area contributed by atoms with E-state index in [0.717, 1.165) is 11.1 Å². The molecule has 0 radical (unpaired) electrons. The fraction of sp³-hybridized carbons (Fsp3) is 0.182. The number of nitrogens with zero attached hydrogens (tertiary/aromatic N) is 2. The maximum atomic E-state index is 8.95. The topological polar surface area (TPSA) is 118 Å². The highest BCUT2D eigenvalue weighted by Crippen LogP contribution is 2.16. The lowest BCUT2D eigenvalue weighted by Gasteiger charge is -2.06. The molecule has 1 rings (SSSR count). The predicted octanol–water partition coefficient (Wildman–Crippen LogP) is 0.715. The van der Waals surface area contributed by atoms with Crippen molar-refractivity contribution in [3.05, 3.63) is 29.3 Å². The lowest BCUT2D eigenvalue weighted by molar-refractivity contribution is 0.282. The standard InChI is InChI=1S/C11H13N5O/c1-7-4-8(6-17)2-3-9(7)15-16-10(5-12)11(13)14/h2-4,15,17H,6H2,1H3,(H3,13,14)/b16-10+. The van der Waals surface area contributed by atoms with Crippen molar-refractivity contribution in [1.29, 1.82) is 10.7 Å². The molecule has 6 heteroatoms. The zero-order chi connectivity index (χ0) is 12.8. The van der Waals surface area contributed by atoms with Crippen molar-refractivity contribution in [2.75, 3.05) is 5.43 Å². The van der Waals surface area contributed by atoms with Crippen molar-refractivity contribution >= 4 is 17.2 Å². The molecular formula is C11H13N5O. The SMILES string of the molecule is Cc1cc(CO)ccc1N/N=C(\C#N)C(=N)N. The van der Waals surface area contributed by atoms with E-state index >= 15 is 0 Å². The summed E-state index contributed by atoms with van der Waals surface area (Å²) in [5.41, 5.74) is 10.0. The van der Waals surface area contributed by atoms with E-state index < -0.39 is 0 Å². The summed E-state index contributed by atoms with van der Waals surface area (Å²) in [6.45, 7) is 1.82. The number of anilines is 1. The number of nitrogens with one attached hydrogen (secondary N) is 2. The minimum atomic E-state index is -0.385. The number of nitriles is 1. The molecule has 0 heterocycles. The van der Waals surface area contributed by atoms with Crippen LogP contribution in [0.15, 0.2) is 23.3 Å². The Hall–Kier alpha value is -2.39. The summed E-state index contributed by atoms with van der Waals surface area (Å²) in [4.78, 5) is 0. The number of nitrogens with two attached hydrogens (primary N) is 1. The number of hydrogen-bond donors (Lipinski definition) is 4. The Kier molecular flexibility index (Phi) is 4.20. The van der Waals surface area contributed by atoms with Gasteiger partial charge in [-0.25, -0.2) is 0 Å². The Morgan fingerprint density at radius 2 is 2.35 bits per heavy atom. The van der Waals surface area contributed by atoms with Crippen LogP contribution >= 0.6 is 0 Å². The van der Waals surface area contributed by atoms with E-state index in [-0.39, 0.29) is 18.2 Å². The van der Waals surface area contributed by atoms with Gasteiger partial charge >= 0.3 is 0 Å². The van der Waals surface area contributed by atoms with Crippen LogP contribution in [0.4, 0.5) is 5.69 Å². The van der Waals surface area contributed by atoms with Gasteiger partial charge in [-0.1, -0.05) is 12.1 Å². The maximum absolute atomic E-state index is 8.95. The molecule has 0 saturated heterocycles. The summed E-state index contributed by atoms with van der Waals surface area (Å²) >= 11 is 0. The quantitative estimate of drug-likeness (QED) is 0.346. The third-order valence-corrected chi connectivity index (χ3v) is 2.12. The molecule has 88 valence electrons. The molecule has 0 spiro atoms. The highest BCUT2D eigenvalue weighted by molar-refractivity contribution is 6.45. The summed E-state index contributed by atoms with van der Waals surface area (Å²) < 4.78 is 0. The maximum Gasteiger partial charge on any atom is 0.201 e. The Balaban J connectivity index is 2.90. The average Bonchev–Trinajstić information content (AvgIpc) is 2.31. The molecule has 1 aromatic carbocycles. The van der Waals surface area contributed by atoms with Gasteiger partial charge in [-0.05, 0) is 24.1 Å². The van der Waals surface area contributed by atoms with E-state index in [4.69, 9.17) is 21.5 Å². The Bertz CT molecular complexity index is 501. The third kappa shape index (κ3) is 3.29. The van der Waals surface area contributed by atoms with Crippen LogP contribution in [-0.2, 0) is 6.61 Å². The minimum absolute atomic E-state index is 0.0265. The van der Waals surface area contributed by atoms with Gasteiger partial charge in [0.1, 0.15) is 6.07 Å². The van der Waals surface area contributed by atoms with Gasteiger partial charge in [0.05, 0.1) is 12.3 Å². The molecule has 0 unspecified atom stereocenters. The zero-order valence-corrected chi connectivity index (χ0v) is 9.36. The van der Waals surface area contributed by atoms with Gasteiger partial charge in [0.15, 0.2) is 5.84 Å². The molecule has 17 heavy (non-hydrogen) atoms. The molecular weight excluding hydrogens is 218 g/mol. The van der Waals surface area contributed by atoms with Crippen LogP contribution in [0.5, 0.6) is 0 Å². The van der Waals surface area contributed by atoms with Crippen LogP contribution in [0.2, 0.25) is 0 Å². The van der Waals surface area contributed by atoms with Gasteiger partial charge in [-0.3, -0.25) is 10.8 Å². The van der Waals surface area contributed by atoms with Crippen LogP contribution in [0.1, 0.15) is 11.1 Å². The molecule has 0 amide bonds. The highest BCUT2D eigenvalue weighted by Gasteiger charge is 2.02. The normalized spacial score (nSPS) is 10.8. The fourth-order valence-electron chi connectivity index (χ4n) is 1.21. The molecule has 0 aliphatic rings. The number of aryl methyl sites for hydroxylation is 1. The van der Waals surface area contributed by atoms with Gasteiger partial charge < -0.3 is 10.8 Å². The van der Waals surface area contributed by atoms with Crippen LogP contribution in [0, 0.1) is 23.7 Å². The van der Waals surface area contributed by atoms with Crippen molar-refractivity contribution in [1.82, 2.24) is 0 Å². The van der Waals surface area contributed by atoms with E-state index in [1.165, 1.54) is 0 Å². The first-order valence-corrected chi connectivity index (χ1v) is 4.87. The molecule has 0 atom stereocenters. The van der Waals surface area contributed by atoms with Crippen molar-refractivity contribution in [2.24, 2.45) is 10.8 Å².